The van der Waals surface area contributed by atoms with Crippen molar-refractivity contribution < 1.29 is 36.6 Å². The molecule has 0 aliphatic carbocycles. The SMILES string of the molecule is O=C1N(C[C@@](CO)(Cn2cncn2)c2ccccc2F)CCN1c1ccc(OCC(F)(F)C(F)F)cc1. The lowest BCUT2D eigenvalue weighted by Crippen LogP contribution is -2.48. The van der Waals surface area contributed by atoms with Crippen LogP contribution >= 0.6 is 0 Å². The van der Waals surface area contributed by atoms with Crippen LogP contribution in [0.1, 0.15) is 5.56 Å². The Morgan fingerprint density at radius 1 is 1.05 bits per heavy atom. The van der Waals surface area contributed by atoms with Crippen LogP contribution in [0.15, 0.2) is 61.2 Å². The van der Waals surface area contributed by atoms with Crippen LogP contribution in [0.5, 0.6) is 5.75 Å². The third kappa shape index (κ3) is 5.66. The predicted octanol–water partition coefficient (Wildman–Crippen LogP) is 3.57. The molecule has 0 bridgehead atoms. The van der Waals surface area contributed by atoms with Crippen LogP contribution < -0.4 is 9.64 Å². The number of anilines is 1. The fraction of sp³-hybridized carbons (Fsp3) is 0.375. The number of benzene rings is 2. The van der Waals surface area contributed by atoms with Gasteiger partial charge in [-0.2, -0.15) is 13.9 Å². The number of alkyl halides is 4. The molecule has 0 unspecified atom stereocenters. The van der Waals surface area contributed by atoms with Crippen molar-refractivity contribution >= 4 is 11.7 Å². The molecule has 1 N–H and O–H groups in total. The lowest BCUT2D eigenvalue weighted by atomic mass is 9.80. The van der Waals surface area contributed by atoms with Crippen LogP contribution in [0, 0.1) is 5.82 Å². The van der Waals surface area contributed by atoms with E-state index in [0.29, 0.717) is 5.69 Å². The zero-order valence-electron chi connectivity index (χ0n) is 19.5. The molecule has 1 saturated heterocycles. The summed E-state index contributed by atoms with van der Waals surface area (Å²) >= 11 is 0. The molecular weight excluding hydrogens is 501 g/mol. The molecule has 2 amide bonds. The number of carbonyl (C=O) groups is 1. The molecule has 1 atom stereocenters. The van der Waals surface area contributed by atoms with Crippen molar-refractivity contribution in [2.75, 3.05) is 37.7 Å². The van der Waals surface area contributed by atoms with Gasteiger partial charge in [0.2, 0.25) is 0 Å². The van der Waals surface area contributed by atoms with E-state index in [2.05, 4.69) is 10.1 Å². The number of aliphatic hydroxyl groups is 1. The highest BCUT2D eigenvalue weighted by molar-refractivity contribution is 5.94. The molecule has 37 heavy (non-hydrogen) atoms. The third-order valence-corrected chi connectivity index (χ3v) is 6.17. The normalized spacial score (nSPS) is 15.9. The van der Waals surface area contributed by atoms with Gasteiger partial charge in [-0.25, -0.2) is 22.9 Å². The molecule has 2 aromatic carbocycles. The number of ether oxygens (including phenoxy) is 1. The average Bonchev–Trinajstić information content (AvgIpc) is 3.52. The van der Waals surface area contributed by atoms with Crippen molar-refractivity contribution in [3.63, 3.8) is 0 Å². The van der Waals surface area contributed by atoms with E-state index in [0.717, 1.165) is 0 Å². The first kappa shape index (κ1) is 26.3. The summed E-state index contributed by atoms with van der Waals surface area (Å²) in [5.74, 6) is -4.87. The standard InChI is InChI=1S/C24H24F5N5O3/c25-20-4-2-1-3-19(20)23(13-35,12-33-16-30-15-31-33)11-32-9-10-34(22(32)36)17-5-7-18(8-6-17)37-14-24(28,29)21(26)27/h1-8,15-16,21,35H,9-14H2/t23-/m0/s1. The maximum Gasteiger partial charge on any atom is 0.340 e. The maximum atomic E-state index is 14.9. The largest absolute Gasteiger partial charge is 0.487 e. The highest BCUT2D eigenvalue weighted by Gasteiger charge is 2.42. The molecule has 0 radical (unpaired) electrons. The van der Waals surface area contributed by atoms with E-state index < -0.39 is 42.8 Å². The van der Waals surface area contributed by atoms with Gasteiger partial charge in [-0.15, -0.1) is 0 Å². The number of amides is 2. The third-order valence-electron chi connectivity index (χ3n) is 6.17. The van der Waals surface area contributed by atoms with Crippen molar-refractivity contribution in [1.82, 2.24) is 19.7 Å². The van der Waals surface area contributed by atoms with Gasteiger partial charge in [0.25, 0.3) is 0 Å². The number of rotatable bonds is 11. The molecular formula is C24H24F5N5O3. The van der Waals surface area contributed by atoms with Gasteiger partial charge in [-0.3, -0.25) is 9.58 Å². The van der Waals surface area contributed by atoms with E-state index in [4.69, 9.17) is 4.74 Å². The van der Waals surface area contributed by atoms with Crippen molar-refractivity contribution in [2.45, 2.75) is 24.3 Å². The molecule has 198 valence electrons. The number of hydrogen-bond acceptors (Lipinski definition) is 5. The lowest BCUT2D eigenvalue weighted by molar-refractivity contribution is -0.148. The van der Waals surface area contributed by atoms with Crippen LogP contribution in [0.3, 0.4) is 0 Å². The van der Waals surface area contributed by atoms with Crippen molar-refractivity contribution in [2.24, 2.45) is 0 Å². The van der Waals surface area contributed by atoms with Crippen LogP contribution in [0.2, 0.25) is 0 Å². The molecule has 13 heteroatoms. The minimum Gasteiger partial charge on any atom is -0.487 e. The second-order valence-corrected chi connectivity index (χ2v) is 8.71. The van der Waals surface area contributed by atoms with Gasteiger partial charge in [0.15, 0.2) is 6.61 Å². The van der Waals surface area contributed by atoms with E-state index in [1.165, 1.54) is 63.5 Å². The second-order valence-electron chi connectivity index (χ2n) is 8.71. The highest BCUT2D eigenvalue weighted by atomic mass is 19.3. The number of aromatic nitrogens is 3. The van der Waals surface area contributed by atoms with Crippen molar-refractivity contribution in [3.8, 4) is 5.75 Å². The topological polar surface area (TPSA) is 83.7 Å². The smallest absolute Gasteiger partial charge is 0.340 e. The van der Waals surface area contributed by atoms with Crippen molar-refractivity contribution in [3.05, 3.63) is 72.6 Å². The Bertz CT molecular complexity index is 1200. The first-order valence-corrected chi connectivity index (χ1v) is 11.3. The Kier molecular flexibility index (Phi) is 7.62. The minimum absolute atomic E-state index is 0.0243. The molecule has 1 aliphatic rings. The summed E-state index contributed by atoms with van der Waals surface area (Å²) in [4.78, 5) is 20.1. The Labute approximate surface area is 208 Å². The zero-order chi connectivity index (χ0) is 26.6. The summed E-state index contributed by atoms with van der Waals surface area (Å²) < 4.78 is 71.9. The van der Waals surface area contributed by atoms with E-state index in [1.807, 2.05) is 0 Å². The summed E-state index contributed by atoms with van der Waals surface area (Å²) in [5.41, 5.74) is -0.572. The van der Waals surface area contributed by atoms with Crippen LogP contribution in [0.4, 0.5) is 32.4 Å². The molecule has 1 aromatic heterocycles. The predicted molar refractivity (Wildman–Crippen MR) is 122 cm³/mol. The molecule has 2 heterocycles. The van der Waals surface area contributed by atoms with Crippen LogP contribution in [-0.4, -0.2) is 76.0 Å². The van der Waals surface area contributed by atoms with Gasteiger partial charge in [0.1, 0.15) is 24.2 Å². The fourth-order valence-electron chi connectivity index (χ4n) is 4.22. The Hall–Kier alpha value is -3.74. The zero-order valence-corrected chi connectivity index (χ0v) is 19.5. The summed E-state index contributed by atoms with van der Waals surface area (Å²) in [5, 5.41) is 14.5. The molecule has 0 spiro atoms. The van der Waals surface area contributed by atoms with Gasteiger partial charge in [0.05, 0.1) is 18.6 Å². The monoisotopic (exact) mass is 525 g/mol. The van der Waals surface area contributed by atoms with Gasteiger partial charge >= 0.3 is 18.4 Å². The Morgan fingerprint density at radius 3 is 2.41 bits per heavy atom. The summed E-state index contributed by atoms with van der Waals surface area (Å²) in [6, 6.07) is 11.1. The number of urea groups is 1. The van der Waals surface area contributed by atoms with E-state index in [-0.39, 0.29) is 37.5 Å². The maximum absolute atomic E-state index is 14.9. The van der Waals surface area contributed by atoms with Crippen LogP contribution in [0.25, 0.3) is 0 Å². The van der Waals surface area contributed by atoms with Gasteiger partial charge in [-0.1, -0.05) is 18.2 Å². The van der Waals surface area contributed by atoms with Crippen molar-refractivity contribution in [1.29, 1.82) is 0 Å². The lowest BCUT2D eigenvalue weighted by Gasteiger charge is -2.36. The number of hydrogen-bond donors (Lipinski definition) is 1. The second kappa shape index (κ2) is 10.7. The summed E-state index contributed by atoms with van der Waals surface area (Å²) in [7, 11) is 0. The fourth-order valence-corrected chi connectivity index (χ4v) is 4.22. The first-order valence-electron chi connectivity index (χ1n) is 11.3. The van der Waals surface area contributed by atoms with Gasteiger partial charge in [-0.05, 0) is 35.9 Å². The quantitative estimate of drug-likeness (QED) is 0.387. The van der Waals surface area contributed by atoms with Crippen LogP contribution in [-0.2, 0) is 12.0 Å². The van der Waals surface area contributed by atoms with Gasteiger partial charge in [0, 0.05) is 25.3 Å². The summed E-state index contributed by atoms with van der Waals surface area (Å²) in [6.07, 6.45) is -1.10. The minimum atomic E-state index is -4.28. The van der Waals surface area contributed by atoms with Gasteiger partial charge < -0.3 is 14.7 Å². The Balaban J connectivity index is 1.50. The molecule has 8 nitrogen and oxygen atoms in total. The average molecular weight is 525 g/mol. The first-order chi connectivity index (χ1) is 17.6. The number of aliphatic hydroxyl groups excluding tert-OH is 1. The molecule has 4 rings (SSSR count). The molecule has 1 aliphatic heterocycles. The van der Waals surface area contributed by atoms with E-state index in [1.54, 1.807) is 12.1 Å². The number of halogens is 5. The Morgan fingerprint density at radius 2 is 1.78 bits per heavy atom. The van der Waals surface area contributed by atoms with E-state index in [9.17, 15) is 31.9 Å². The van der Waals surface area contributed by atoms with E-state index >= 15 is 0 Å². The summed E-state index contributed by atoms with van der Waals surface area (Å²) in [6.45, 7) is -1.39. The molecule has 3 aromatic rings. The molecule has 1 fully saturated rings. The number of carbonyl (C=O) groups excluding carboxylic acids is 1. The molecule has 0 saturated carbocycles. The highest BCUT2D eigenvalue weighted by Crippen LogP contribution is 2.32. The number of nitrogens with zero attached hydrogens (tertiary/aromatic N) is 5.